The zero-order chi connectivity index (χ0) is 19.3. The number of nitrogens with one attached hydrogen (secondary N) is 2. The number of rotatable bonds is 3. The van der Waals surface area contributed by atoms with Gasteiger partial charge in [0.15, 0.2) is 0 Å². The number of amides is 3. The fourth-order valence-electron chi connectivity index (χ4n) is 4.90. The lowest BCUT2D eigenvalue weighted by molar-refractivity contribution is -0.136. The second-order valence-electron chi connectivity index (χ2n) is 7.96. The second kappa shape index (κ2) is 6.95. The molecule has 3 amide bonds. The number of carbonyl (C=O) groups excluding carboxylic acids is 3. The summed E-state index contributed by atoms with van der Waals surface area (Å²) in [6.07, 6.45) is 0.868. The Kier molecular flexibility index (Phi) is 4.41. The maximum absolute atomic E-state index is 13.2. The molecular formula is C20H24N4O4. The summed E-state index contributed by atoms with van der Waals surface area (Å²) >= 11 is 0. The van der Waals surface area contributed by atoms with Crippen molar-refractivity contribution in [1.29, 1.82) is 0 Å². The Morgan fingerprint density at radius 2 is 2.07 bits per heavy atom. The number of hydrogen-bond donors (Lipinski definition) is 2. The van der Waals surface area contributed by atoms with Gasteiger partial charge in [0.05, 0.1) is 12.7 Å². The average Bonchev–Trinajstić information content (AvgIpc) is 3.28. The van der Waals surface area contributed by atoms with Crippen LogP contribution in [-0.4, -0.2) is 72.0 Å². The molecule has 0 saturated carbocycles. The van der Waals surface area contributed by atoms with E-state index in [4.69, 9.17) is 4.74 Å². The Morgan fingerprint density at radius 3 is 2.93 bits per heavy atom. The predicted molar refractivity (Wildman–Crippen MR) is 99.3 cm³/mol. The molecule has 3 fully saturated rings. The molecule has 0 aliphatic carbocycles. The molecule has 4 aliphatic heterocycles. The summed E-state index contributed by atoms with van der Waals surface area (Å²) < 4.78 is 5.85. The summed E-state index contributed by atoms with van der Waals surface area (Å²) in [6, 6.07) is 5.71. The van der Waals surface area contributed by atoms with E-state index in [0.29, 0.717) is 32.2 Å². The largest absolute Gasteiger partial charge is 0.374 e. The molecule has 0 bridgehead atoms. The molecule has 148 valence electrons. The smallest absolute Gasteiger partial charge is 0.255 e. The number of fused-ring (bicyclic) bond motifs is 2. The maximum atomic E-state index is 13.2. The van der Waals surface area contributed by atoms with E-state index in [-0.39, 0.29) is 30.2 Å². The standard InChI is InChI=1S/C20H24N4O4/c25-17-5-4-14(19(26)22-17)24-11-13-3-1-2-12(18(13)20(24)27)10-23-6-7-28-16-9-21-8-15(16)23/h1-3,14-16,21H,4-11H2,(H,22,25,26)/t14?,15-,16+/m0/s1. The Morgan fingerprint density at radius 1 is 1.18 bits per heavy atom. The Bertz CT molecular complexity index is 841. The molecule has 2 N–H and O–H groups in total. The molecule has 4 heterocycles. The van der Waals surface area contributed by atoms with Gasteiger partial charge < -0.3 is 15.0 Å². The van der Waals surface area contributed by atoms with Crippen molar-refractivity contribution in [2.24, 2.45) is 0 Å². The van der Waals surface area contributed by atoms with Gasteiger partial charge in [-0.15, -0.1) is 0 Å². The van der Waals surface area contributed by atoms with Crippen LogP contribution in [0.15, 0.2) is 18.2 Å². The zero-order valence-corrected chi connectivity index (χ0v) is 15.6. The zero-order valence-electron chi connectivity index (χ0n) is 15.6. The van der Waals surface area contributed by atoms with E-state index in [0.717, 1.165) is 36.3 Å². The molecular weight excluding hydrogens is 360 g/mol. The number of piperidine rings is 1. The highest BCUT2D eigenvalue weighted by molar-refractivity contribution is 6.05. The lowest BCUT2D eigenvalue weighted by atomic mass is 10.0. The van der Waals surface area contributed by atoms with Crippen LogP contribution in [0, 0.1) is 0 Å². The highest BCUT2D eigenvalue weighted by Crippen LogP contribution is 2.31. The predicted octanol–water partition coefficient (Wildman–Crippen LogP) is -0.380. The number of benzene rings is 1. The fraction of sp³-hybridized carbons (Fsp3) is 0.550. The van der Waals surface area contributed by atoms with E-state index in [2.05, 4.69) is 15.5 Å². The van der Waals surface area contributed by atoms with E-state index < -0.39 is 6.04 Å². The average molecular weight is 384 g/mol. The summed E-state index contributed by atoms with van der Waals surface area (Å²) in [5, 5.41) is 5.74. The van der Waals surface area contributed by atoms with E-state index in [9.17, 15) is 14.4 Å². The van der Waals surface area contributed by atoms with Crippen LogP contribution in [0.4, 0.5) is 0 Å². The molecule has 4 aliphatic rings. The monoisotopic (exact) mass is 384 g/mol. The van der Waals surface area contributed by atoms with Gasteiger partial charge in [0.25, 0.3) is 5.91 Å². The van der Waals surface area contributed by atoms with Crippen molar-refractivity contribution in [2.45, 2.75) is 44.1 Å². The number of imide groups is 1. The summed E-state index contributed by atoms with van der Waals surface area (Å²) in [4.78, 5) is 40.9. The molecule has 1 aromatic rings. The first kappa shape index (κ1) is 17.8. The van der Waals surface area contributed by atoms with Gasteiger partial charge in [-0.1, -0.05) is 18.2 Å². The minimum absolute atomic E-state index is 0.102. The third-order valence-corrected chi connectivity index (χ3v) is 6.32. The lowest BCUT2D eigenvalue weighted by Crippen LogP contribution is -2.52. The fourth-order valence-corrected chi connectivity index (χ4v) is 4.90. The topological polar surface area (TPSA) is 91.0 Å². The number of morpholine rings is 1. The van der Waals surface area contributed by atoms with Gasteiger partial charge in [-0.2, -0.15) is 0 Å². The van der Waals surface area contributed by atoms with Crippen molar-refractivity contribution < 1.29 is 19.1 Å². The number of hydrogen-bond acceptors (Lipinski definition) is 6. The van der Waals surface area contributed by atoms with E-state index in [1.807, 2.05) is 18.2 Å². The highest BCUT2D eigenvalue weighted by atomic mass is 16.5. The van der Waals surface area contributed by atoms with Gasteiger partial charge >= 0.3 is 0 Å². The molecule has 0 aromatic heterocycles. The maximum Gasteiger partial charge on any atom is 0.255 e. The minimum Gasteiger partial charge on any atom is -0.374 e. The Balaban J connectivity index is 1.38. The summed E-state index contributed by atoms with van der Waals surface area (Å²) in [7, 11) is 0. The normalized spacial score (nSPS) is 30.4. The molecule has 28 heavy (non-hydrogen) atoms. The van der Waals surface area contributed by atoms with Crippen LogP contribution in [0.25, 0.3) is 0 Å². The van der Waals surface area contributed by atoms with Gasteiger partial charge in [0, 0.05) is 50.7 Å². The van der Waals surface area contributed by atoms with E-state index >= 15 is 0 Å². The van der Waals surface area contributed by atoms with Crippen LogP contribution in [0.3, 0.4) is 0 Å². The Hall–Kier alpha value is -2.29. The quantitative estimate of drug-likeness (QED) is 0.691. The molecule has 0 radical (unpaired) electrons. The van der Waals surface area contributed by atoms with Crippen LogP contribution in [0.1, 0.15) is 34.3 Å². The van der Waals surface area contributed by atoms with Crippen molar-refractivity contribution in [3.8, 4) is 0 Å². The van der Waals surface area contributed by atoms with E-state index in [1.165, 1.54) is 0 Å². The molecule has 3 atom stereocenters. The highest BCUT2D eigenvalue weighted by Gasteiger charge is 2.41. The van der Waals surface area contributed by atoms with E-state index in [1.54, 1.807) is 4.90 Å². The van der Waals surface area contributed by atoms with Crippen LogP contribution >= 0.6 is 0 Å². The van der Waals surface area contributed by atoms with Crippen molar-refractivity contribution in [1.82, 2.24) is 20.4 Å². The molecule has 8 nitrogen and oxygen atoms in total. The van der Waals surface area contributed by atoms with Gasteiger partial charge in [-0.3, -0.25) is 24.6 Å². The molecule has 0 spiro atoms. The second-order valence-corrected chi connectivity index (χ2v) is 7.96. The molecule has 5 rings (SSSR count). The first-order valence-corrected chi connectivity index (χ1v) is 9.93. The van der Waals surface area contributed by atoms with Gasteiger partial charge in [-0.05, 0) is 17.5 Å². The van der Waals surface area contributed by atoms with Crippen LogP contribution in [0.2, 0.25) is 0 Å². The number of nitrogens with zero attached hydrogens (tertiary/aromatic N) is 2. The van der Waals surface area contributed by atoms with Crippen LogP contribution in [-0.2, 0) is 27.4 Å². The lowest BCUT2D eigenvalue weighted by Gasteiger charge is -2.37. The Labute approximate surface area is 163 Å². The van der Waals surface area contributed by atoms with Gasteiger partial charge in [0.1, 0.15) is 6.04 Å². The molecule has 8 heteroatoms. The summed E-state index contributed by atoms with van der Waals surface area (Å²) in [5.41, 5.74) is 2.69. The molecule has 3 saturated heterocycles. The molecule has 1 aromatic carbocycles. The van der Waals surface area contributed by atoms with Crippen molar-refractivity contribution in [3.63, 3.8) is 0 Å². The van der Waals surface area contributed by atoms with Crippen LogP contribution in [0.5, 0.6) is 0 Å². The first-order chi connectivity index (χ1) is 13.6. The van der Waals surface area contributed by atoms with Crippen molar-refractivity contribution in [2.75, 3.05) is 26.2 Å². The summed E-state index contributed by atoms with van der Waals surface area (Å²) in [6.45, 7) is 4.44. The van der Waals surface area contributed by atoms with Crippen molar-refractivity contribution >= 4 is 17.7 Å². The van der Waals surface area contributed by atoms with Gasteiger partial charge in [0.2, 0.25) is 11.8 Å². The van der Waals surface area contributed by atoms with Crippen molar-refractivity contribution in [3.05, 3.63) is 34.9 Å². The van der Waals surface area contributed by atoms with Crippen LogP contribution < -0.4 is 10.6 Å². The molecule has 1 unspecified atom stereocenters. The number of ether oxygens (including phenoxy) is 1. The number of carbonyl (C=O) groups is 3. The minimum atomic E-state index is -0.572. The third kappa shape index (κ3) is 2.92. The van der Waals surface area contributed by atoms with Gasteiger partial charge in [-0.25, -0.2) is 0 Å². The third-order valence-electron chi connectivity index (χ3n) is 6.32. The first-order valence-electron chi connectivity index (χ1n) is 9.93. The SMILES string of the molecule is O=C1CCC(N2Cc3cccc(CN4CCO[C@@H]5CNC[C@@H]54)c3C2=O)C(=O)N1. The summed E-state index contributed by atoms with van der Waals surface area (Å²) in [5.74, 6) is -0.736.